The van der Waals surface area contributed by atoms with E-state index in [4.69, 9.17) is 9.47 Å². The average Bonchev–Trinajstić information content (AvgIpc) is 3.13. The predicted molar refractivity (Wildman–Crippen MR) is 87.5 cm³/mol. The molecule has 3 aliphatic rings. The van der Waals surface area contributed by atoms with Crippen molar-refractivity contribution in [1.82, 2.24) is 5.32 Å². The fourth-order valence-corrected chi connectivity index (χ4v) is 4.11. The number of amides is 2. The Balaban J connectivity index is 1.39. The molecule has 0 unspecified atom stereocenters. The van der Waals surface area contributed by atoms with E-state index >= 15 is 0 Å². The van der Waals surface area contributed by atoms with E-state index in [1.165, 1.54) is 5.56 Å². The Morgan fingerprint density at radius 2 is 1.91 bits per heavy atom. The van der Waals surface area contributed by atoms with Gasteiger partial charge < -0.3 is 14.8 Å². The van der Waals surface area contributed by atoms with Crippen LogP contribution < -0.4 is 10.2 Å². The van der Waals surface area contributed by atoms with Crippen molar-refractivity contribution in [3.8, 4) is 0 Å². The summed E-state index contributed by atoms with van der Waals surface area (Å²) in [6.07, 6.45) is 4.48. The Hall–Kier alpha value is -1.59. The Morgan fingerprint density at radius 3 is 2.65 bits per heavy atom. The molecule has 1 spiro atoms. The molecule has 0 aromatic heterocycles. The maximum absolute atomic E-state index is 12.8. The van der Waals surface area contributed by atoms with Gasteiger partial charge in [-0.15, -0.1) is 0 Å². The summed E-state index contributed by atoms with van der Waals surface area (Å²) in [6.45, 7) is 3.49. The Bertz CT molecular complexity index is 588. The second-order valence-electron chi connectivity index (χ2n) is 6.88. The smallest absolute Gasteiger partial charge is 0.322 e. The number of fused-ring (bicyclic) bond motifs is 1. The molecule has 2 fully saturated rings. The van der Waals surface area contributed by atoms with Gasteiger partial charge >= 0.3 is 6.03 Å². The molecule has 5 nitrogen and oxygen atoms in total. The number of rotatable bonds is 1. The maximum Gasteiger partial charge on any atom is 0.322 e. The molecule has 1 aliphatic carbocycles. The number of carbonyl (C=O) groups is 1. The molecule has 23 heavy (non-hydrogen) atoms. The number of hydrogen-bond donors (Lipinski definition) is 1. The monoisotopic (exact) mass is 316 g/mol. The van der Waals surface area contributed by atoms with Crippen LogP contribution in [0.25, 0.3) is 0 Å². The normalized spacial score (nSPS) is 26.5. The SMILES string of the molecule is C[C@H]1Cc2ccccc2N1C(=O)NC1CCC2(CC1)OCCO2. The summed E-state index contributed by atoms with van der Waals surface area (Å²) in [7, 11) is 0. The van der Waals surface area contributed by atoms with Crippen LogP contribution >= 0.6 is 0 Å². The van der Waals surface area contributed by atoms with Crippen LogP contribution in [0.15, 0.2) is 24.3 Å². The van der Waals surface area contributed by atoms with Crippen LogP contribution in [0.2, 0.25) is 0 Å². The average molecular weight is 316 g/mol. The Labute approximate surface area is 136 Å². The largest absolute Gasteiger partial charge is 0.348 e. The number of para-hydroxylation sites is 1. The van der Waals surface area contributed by atoms with E-state index in [1.54, 1.807) is 0 Å². The molecule has 5 heteroatoms. The van der Waals surface area contributed by atoms with Gasteiger partial charge in [-0.1, -0.05) is 18.2 Å². The number of nitrogens with zero attached hydrogens (tertiary/aromatic N) is 1. The molecule has 2 amide bonds. The molecule has 0 radical (unpaired) electrons. The number of anilines is 1. The van der Waals surface area contributed by atoms with Gasteiger partial charge in [-0.3, -0.25) is 4.90 Å². The fourth-order valence-electron chi connectivity index (χ4n) is 4.11. The van der Waals surface area contributed by atoms with Crippen LogP contribution in [0.4, 0.5) is 10.5 Å². The third-order valence-corrected chi connectivity index (χ3v) is 5.31. The number of urea groups is 1. The van der Waals surface area contributed by atoms with Crippen LogP contribution in [0.1, 0.15) is 38.2 Å². The predicted octanol–water partition coefficient (Wildman–Crippen LogP) is 2.83. The van der Waals surface area contributed by atoms with Crippen molar-refractivity contribution in [1.29, 1.82) is 0 Å². The van der Waals surface area contributed by atoms with Crippen LogP contribution in [-0.2, 0) is 15.9 Å². The van der Waals surface area contributed by atoms with Gasteiger partial charge in [-0.2, -0.15) is 0 Å². The van der Waals surface area contributed by atoms with Crippen molar-refractivity contribution in [3.63, 3.8) is 0 Å². The van der Waals surface area contributed by atoms with E-state index < -0.39 is 0 Å². The molecule has 1 aromatic rings. The number of ether oxygens (including phenoxy) is 2. The number of carbonyl (C=O) groups excluding carboxylic acids is 1. The molecule has 1 N–H and O–H groups in total. The highest BCUT2D eigenvalue weighted by Gasteiger charge is 2.41. The second-order valence-corrected chi connectivity index (χ2v) is 6.88. The number of hydrogen-bond acceptors (Lipinski definition) is 3. The minimum atomic E-state index is -0.366. The van der Waals surface area contributed by atoms with Crippen molar-refractivity contribution < 1.29 is 14.3 Å². The summed E-state index contributed by atoms with van der Waals surface area (Å²) in [5.74, 6) is -0.366. The molecule has 1 aromatic carbocycles. The highest BCUT2D eigenvalue weighted by molar-refractivity contribution is 5.95. The van der Waals surface area contributed by atoms with Gasteiger partial charge in [-0.25, -0.2) is 4.79 Å². The van der Waals surface area contributed by atoms with Crippen LogP contribution in [0, 0.1) is 0 Å². The lowest BCUT2D eigenvalue weighted by Gasteiger charge is -2.36. The molecular formula is C18H24N2O3. The fraction of sp³-hybridized carbons (Fsp3) is 0.611. The topological polar surface area (TPSA) is 50.8 Å². The molecule has 2 aliphatic heterocycles. The number of benzene rings is 1. The maximum atomic E-state index is 12.8. The Kier molecular flexibility index (Phi) is 3.77. The molecule has 1 saturated carbocycles. The van der Waals surface area contributed by atoms with Gasteiger partial charge in [0.2, 0.25) is 0 Å². The van der Waals surface area contributed by atoms with Crippen molar-refractivity contribution in [2.24, 2.45) is 0 Å². The summed E-state index contributed by atoms with van der Waals surface area (Å²) in [4.78, 5) is 14.7. The highest BCUT2D eigenvalue weighted by atomic mass is 16.7. The lowest BCUT2D eigenvalue weighted by Crippen LogP contribution is -2.50. The van der Waals surface area contributed by atoms with Crippen molar-refractivity contribution in [2.45, 2.75) is 56.9 Å². The number of nitrogens with one attached hydrogen (secondary N) is 1. The molecular weight excluding hydrogens is 292 g/mol. The van der Waals surface area contributed by atoms with Crippen molar-refractivity contribution >= 4 is 11.7 Å². The highest BCUT2D eigenvalue weighted by Crippen LogP contribution is 2.36. The van der Waals surface area contributed by atoms with E-state index in [1.807, 2.05) is 23.1 Å². The first-order valence-electron chi connectivity index (χ1n) is 8.62. The van der Waals surface area contributed by atoms with E-state index in [0.29, 0.717) is 13.2 Å². The van der Waals surface area contributed by atoms with E-state index in [-0.39, 0.29) is 23.9 Å². The molecule has 1 atom stereocenters. The van der Waals surface area contributed by atoms with Gasteiger partial charge in [0, 0.05) is 30.6 Å². The standard InChI is InChI=1S/C18H24N2O3/c1-13-12-14-4-2-3-5-16(14)20(13)17(21)19-15-6-8-18(9-7-15)22-10-11-23-18/h2-5,13,15H,6-12H2,1H3,(H,19,21)/t13-/m0/s1. The quantitative estimate of drug-likeness (QED) is 0.867. The lowest BCUT2D eigenvalue weighted by molar-refractivity contribution is -0.179. The summed E-state index contributed by atoms with van der Waals surface area (Å²) in [5.41, 5.74) is 2.30. The summed E-state index contributed by atoms with van der Waals surface area (Å²) >= 11 is 0. The zero-order valence-corrected chi connectivity index (χ0v) is 13.6. The lowest BCUT2D eigenvalue weighted by atomic mass is 9.90. The zero-order chi connectivity index (χ0) is 15.9. The summed E-state index contributed by atoms with van der Waals surface area (Å²) < 4.78 is 11.5. The van der Waals surface area contributed by atoms with Crippen molar-refractivity contribution in [2.75, 3.05) is 18.1 Å². The van der Waals surface area contributed by atoms with Gasteiger partial charge in [0.05, 0.1) is 13.2 Å². The molecule has 4 rings (SSSR count). The van der Waals surface area contributed by atoms with Crippen LogP contribution in [0.3, 0.4) is 0 Å². The van der Waals surface area contributed by atoms with Crippen molar-refractivity contribution in [3.05, 3.63) is 29.8 Å². The minimum absolute atomic E-state index is 0.0247. The summed E-state index contributed by atoms with van der Waals surface area (Å²) in [5, 5.41) is 3.21. The first kappa shape index (κ1) is 15.0. The van der Waals surface area contributed by atoms with Gasteiger partial charge in [0.25, 0.3) is 0 Å². The molecule has 1 saturated heterocycles. The third-order valence-electron chi connectivity index (χ3n) is 5.31. The minimum Gasteiger partial charge on any atom is -0.348 e. The van der Waals surface area contributed by atoms with E-state index in [0.717, 1.165) is 37.8 Å². The van der Waals surface area contributed by atoms with E-state index in [9.17, 15) is 4.79 Å². The first-order valence-corrected chi connectivity index (χ1v) is 8.62. The van der Waals surface area contributed by atoms with E-state index in [2.05, 4.69) is 18.3 Å². The third kappa shape index (κ3) is 2.72. The summed E-state index contributed by atoms with van der Waals surface area (Å²) in [6, 6.07) is 8.62. The molecule has 124 valence electrons. The zero-order valence-electron chi connectivity index (χ0n) is 13.6. The van der Waals surface area contributed by atoms with Gasteiger partial charge in [0.1, 0.15) is 0 Å². The van der Waals surface area contributed by atoms with Gasteiger partial charge in [-0.05, 0) is 37.8 Å². The second kappa shape index (κ2) is 5.80. The Morgan fingerprint density at radius 1 is 1.22 bits per heavy atom. The molecule has 0 bridgehead atoms. The van der Waals surface area contributed by atoms with Crippen LogP contribution in [-0.4, -0.2) is 37.1 Å². The van der Waals surface area contributed by atoms with Gasteiger partial charge in [0.15, 0.2) is 5.79 Å². The first-order chi connectivity index (χ1) is 11.2. The molecule has 2 heterocycles. The van der Waals surface area contributed by atoms with Crippen LogP contribution in [0.5, 0.6) is 0 Å².